The lowest BCUT2D eigenvalue weighted by Crippen LogP contribution is -1.95. The van der Waals surface area contributed by atoms with Gasteiger partial charge >= 0.3 is 0 Å². The SMILES string of the molecule is CC(C)[CH]OCCC#N. The molecule has 0 amide bonds. The summed E-state index contributed by atoms with van der Waals surface area (Å²) in [6, 6.07) is 2.00. The van der Waals surface area contributed by atoms with Crippen LogP contribution in [0, 0.1) is 23.9 Å². The minimum absolute atomic E-state index is 0.448. The first-order chi connectivity index (χ1) is 4.27. The van der Waals surface area contributed by atoms with Crippen molar-refractivity contribution >= 4 is 0 Å². The molecule has 0 unspecified atom stereocenters. The molecule has 0 spiro atoms. The monoisotopic (exact) mass is 126 g/mol. The average Bonchev–Trinajstić information content (AvgIpc) is 1.80. The summed E-state index contributed by atoms with van der Waals surface area (Å²) in [5.74, 6) is 0.448. The Morgan fingerprint density at radius 1 is 1.67 bits per heavy atom. The van der Waals surface area contributed by atoms with E-state index in [1.807, 2.05) is 19.9 Å². The summed E-state index contributed by atoms with van der Waals surface area (Å²) in [5, 5.41) is 8.09. The Labute approximate surface area is 56.4 Å². The minimum atomic E-state index is 0.448. The highest BCUT2D eigenvalue weighted by molar-refractivity contribution is 4.68. The third-order valence-electron chi connectivity index (χ3n) is 0.700. The maximum absolute atomic E-state index is 8.09. The van der Waals surface area contributed by atoms with E-state index in [1.54, 1.807) is 6.61 Å². The van der Waals surface area contributed by atoms with Crippen molar-refractivity contribution in [3.63, 3.8) is 0 Å². The van der Waals surface area contributed by atoms with Gasteiger partial charge in [-0.25, -0.2) is 0 Å². The first-order valence-electron chi connectivity index (χ1n) is 3.09. The summed E-state index contributed by atoms with van der Waals surface area (Å²) in [5.41, 5.74) is 0. The number of rotatable bonds is 4. The zero-order chi connectivity index (χ0) is 7.11. The van der Waals surface area contributed by atoms with E-state index in [0.717, 1.165) is 0 Å². The van der Waals surface area contributed by atoms with Gasteiger partial charge in [-0.05, 0) is 5.92 Å². The van der Waals surface area contributed by atoms with Gasteiger partial charge in [-0.3, -0.25) is 0 Å². The molecule has 0 saturated carbocycles. The molecule has 0 aromatic carbocycles. The summed E-state index contributed by atoms with van der Waals surface area (Å²) in [4.78, 5) is 0. The smallest absolute Gasteiger partial charge is 0.0862 e. The predicted octanol–water partition coefficient (Wildman–Crippen LogP) is 1.73. The van der Waals surface area contributed by atoms with Crippen LogP contribution in [0.3, 0.4) is 0 Å². The fraction of sp³-hybridized carbons (Fsp3) is 0.714. The van der Waals surface area contributed by atoms with Crippen molar-refractivity contribution in [2.24, 2.45) is 5.92 Å². The van der Waals surface area contributed by atoms with Gasteiger partial charge in [-0.15, -0.1) is 0 Å². The molecule has 0 aliphatic heterocycles. The van der Waals surface area contributed by atoms with Crippen LogP contribution in [0.2, 0.25) is 0 Å². The van der Waals surface area contributed by atoms with Crippen LogP contribution in [-0.4, -0.2) is 6.61 Å². The van der Waals surface area contributed by atoms with E-state index in [4.69, 9.17) is 10.00 Å². The standard InChI is InChI=1S/C7H12NO/c1-7(2)6-9-5-3-4-8/h6-7H,3,5H2,1-2H3. The molecule has 0 rings (SSSR count). The van der Waals surface area contributed by atoms with Gasteiger partial charge in [0.1, 0.15) is 0 Å². The van der Waals surface area contributed by atoms with E-state index < -0.39 is 0 Å². The summed E-state index contributed by atoms with van der Waals surface area (Å²) >= 11 is 0. The van der Waals surface area contributed by atoms with Crippen molar-refractivity contribution in [1.82, 2.24) is 0 Å². The van der Waals surface area contributed by atoms with Crippen molar-refractivity contribution in [2.45, 2.75) is 20.3 Å². The van der Waals surface area contributed by atoms with Gasteiger partial charge in [-0.2, -0.15) is 5.26 Å². The van der Waals surface area contributed by atoms with Gasteiger partial charge in [0.25, 0.3) is 0 Å². The van der Waals surface area contributed by atoms with Crippen molar-refractivity contribution in [2.75, 3.05) is 6.61 Å². The molecule has 0 N–H and O–H groups in total. The quantitative estimate of drug-likeness (QED) is 0.537. The molecule has 9 heavy (non-hydrogen) atoms. The number of hydrogen-bond donors (Lipinski definition) is 0. The van der Waals surface area contributed by atoms with Crippen LogP contribution in [-0.2, 0) is 4.74 Å². The van der Waals surface area contributed by atoms with Crippen LogP contribution >= 0.6 is 0 Å². The van der Waals surface area contributed by atoms with Gasteiger partial charge < -0.3 is 4.74 Å². The van der Waals surface area contributed by atoms with Crippen LogP contribution in [0.1, 0.15) is 20.3 Å². The first-order valence-corrected chi connectivity index (χ1v) is 3.09. The molecule has 0 aliphatic rings. The lowest BCUT2D eigenvalue weighted by Gasteiger charge is -2.01. The molecular formula is C7H12NO. The molecule has 0 saturated heterocycles. The minimum Gasteiger partial charge on any atom is -0.374 e. The fourth-order valence-electron chi connectivity index (χ4n) is 0.365. The van der Waals surface area contributed by atoms with E-state index in [2.05, 4.69) is 0 Å². The highest BCUT2D eigenvalue weighted by Gasteiger charge is 1.92. The molecule has 0 atom stereocenters. The second-order valence-electron chi connectivity index (χ2n) is 2.16. The third-order valence-corrected chi connectivity index (χ3v) is 0.700. The predicted molar refractivity (Wildman–Crippen MR) is 35.3 cm³/mol. The molecule has 0 aromatic heterocycles. The van der Waals surface area contributed by atoms with Crippen LogP contribution < -0.4 is 0 Å². The van der Waals surface area contributed by atoms with E-state index in [9.17, 15) is 0 Å². The van der Waals surface area contributed by atoms with Crippen molar-refractivity contribution in [1.29, 1.82) is 5.26 Å². The van der Waals surface area contributed by atoms with Gasteiger partial charge in [0.05, 0.1) is 25.7 Å². The Bertz CT molecular complexity index is 93.6. The molecule has 0 heterocycles. The highest BCUT2D eigenvalue weighted by atomic mass is 16.5. The van der Waals surface area contributed by atoms with Crippen LogP contribution in [0.15, 0.2) is 0 Å². The summed E-state index contributed by atoms with van der Waals surface area (Å²) in [7, 11) is 0. The van der Waals surface area contributed by atoms with Crippen LogP contribution in [0.4, 0.5) is 0 Å². The van der Waals surface area contributed by atoms with Crippen LogP contribution in [0.25, 0.3) is 0 Å². The van der Waals surface area contributed by atoms with Crippen molar-refractivity contribution in [3.8, 4) is 6.07 Å². The number of nitrogens with zero attached hydrogens (tertiary/aromatic N) is 1. The first kappa shape index (κ1) is 8.45. The summed E-state index contributed by atoms with van der Waals surface area (Å²) in [6.07, 6.45) is 0.475. The summed E-state index contributed by atoms with van der Waals surface area (Å²) < 4.78 is 4.99. The van der Waals surface area contributed by atoms with E-state index in [0.29, 0.717) is 18.9 Å². The van der Waals surface area contributed by atoms with Gasteiger partial charge in [0, 0.05) is 0 Å². The lowest BCUT2D eigenvalue weighted by atomic mass is 10.2. The van der Waals surface area contributed by atoms with Crippen molar-refractivity contribution in [3.05, 3.63) is 6.61 Å². The molecule has 51 valence electrons. The average molecular weight is 126 g/mol. The Hall–Kier alpha value is -0.550. The lowest BCUT2D eigenvalue weighted by molar-refractivity contribution is 0.179. The number of ether oxygens (including phenoxy) is 1. The molecular weight excluding hydrogens is 114 g/mol. The Morgan fingerprint density at radius 3 is 2.78 bits per heavy atom. The Balaban J connectivity index is 2.85. The second-order valence-corrected chi connectivity index (χ2v) is 2.16. The number of nitriles is 1. The topological polar surface area (TPSA) is 33.0 Å². The Kier molecular flexibility index (Phi) is 5.24. The van der Waals surface area contributed by atoms with E-state index >= 15 is 0 Å². The number of hydrogen-bond acceptors (Lipinski definition) is 2. The zero-order valence-electron chi connectivity index (χ0n) is 5.92. The maximum Gasteiger partial charge on any atom is 0.0862 e. The second kappa shape index (κ2) is 5.58. The molecule has 2 heteroatoms. The van der Waals surface area contributed by atoms with E-state index in [-0.39, 0.29) is 0 Å². The molecule has 2 nitrogen and oxygen atoms in total. The summed E-state index contributed by atoms with van der Waals surface area (Å²) in [6.45, 7) is 6.34. The van der Waals surface area contributed by atoms with E-state index in [1.165, 1.54) is 0 Å². The normalized spacial score (nSPS) is 9.56. The molecule has 0 aliphatic carbocycles. The molecule has 0 bridgehead atoms. The fourth-order valence-corrected chi connectivity index (χ4v) is 0.365. The molecule has 0 fully saturated rings. The molecule has 0 aromatic rings. The van der Waals surface area contributed by atoms with Gasteiger partial charge in [0.2, 0.25) is 0 Å². The van der Waals surface area contributed by atoms with Gasteiger partial charge in [-0.1, -0.05) is 13.8 Å². The molecule has 1 radical (unpaired) electrons. The third kappa shape index (κ3) is 7.45. The largest absolute Gasteiger partial charge is 0.374 e. The zero-order valence-corrected chi connectivity index (χ0v) is 5.92. The Morgan fingerprint density at radius 2 is 2.33 bits per heavy atom. The highest BCUT2D eigenvalue weighted by Crippen LogP contribution is 1.98. The maximum atomic E-state index is 8.09. The van der Waals surface area contributed by atoms with Gasteiger partial charge in [0.15, 0.2) is 0 Å². The van der Waals surface area contributed by atoms with Crippen molar-refractivity contribution < 1.29 is 4.74 Å². The van der Waals surface area contributed by atoms with Crippen LogP contribution in [0.5, 0.6) is 0 Å².